The van der Waals surface area contributed by atoms with Gasteiger partial charge >= 0.3 is 0 Å². The lowest BCUT2D eigenvalue weighted by molar-refractivity contribution is 0.431. The molecule has 2 aromatic carbocycles. The van der Waals surface area contributed by atoms with Crippen molar-refractivity contribution in [2.45, 2.75) is 25.4 Å². The molecule has 1 aliphatic rings. The second-order valence-corrected chi connectivity index (χ2v) is 6.00. The number of halogens is 3. The van der Waals surface area contributed by atoms with E-state index < -0.39 is 11.6 Å². The molecule has 0 heterocycles. The van der Waals surface area contributed by atoms with Crippen molar-refractivity contribution in [3.8, 4) is 11.5 Å². The molecule has 1 N–H and O–H groups in total. The molecule has 21 heavy (non-hydrogen) atoms. The summed E-state index contributed by atoms with van der Waals surface area (Å²) >= 11 is 3.42. The Morgan fingerprint density at radius 1 is 1.10 bits per heavy atom. The van der Waals surface area contributed by atoms with Crippen LogP contribution in [0.4, 0.5) is 8.78 Å². The maximum atomic E-state index is 13.7. The zero-order chi connectivity index (χ0) is 14.8. The van der Waals surface area contributed by atoms with Gasteiger partial charge in [0.05, 0.1) is 0 Å². The monoisotopic (exact) mass is 353 g/mol. The Labute approximate surface area is 130 Å². The fourth-order valence-corrected chi connectivity index (χ4v) is 2.41. The molecule has 0 bridgehead atoms. The number of hydrogen-bond donors (Lipinski definition) is 1. The van der Waals surface area contributed by atoms with Crippen molar-refractivity contribution in [3.05, 3.63) is 58.1 Å². The molecule has 1 saturated carbocycles. The molecule has 1 fully saturated rings. The van der Waals surface area contributed by atoms with Crippen molar-refractivity contribution in [1.29, 1.82) is 0 Å². The van der Waals surface area contributed by atoms with Crippen LogP contribution in [-0.2, 0) is 6.54 Å². The van der Waals surface area contributed by atoms with Gasteiger partial charge in [-0.25, -0.2) is 8.78 Å². The van der Waals surface area contributed by atoms with E-state index in [1.54, 1.807) is 6.07 Å². The highest BCUT2D eigenvalue weighted by atomic mass is 79.9. The first-order chi connectivity index (χ1) is 10.1. The van der Waals surface area contributed by atoms with Gasteiger partial charge < -0.3 is 10.1 Å². The van der Waals surface area contributed by atoms with Crippen LogP contribution in [0.15, 0.2) is 40.9 Å². The highest BCUT2D eigenvalue weighted by Crippen LogP contribution is 2.30. The minimum Gasteiger partial charge on any atom is -0.454 e. The summed E-state index contributed by atoms with van der Waals surface area (Å²) in [5.41, 5.74) is 0.931. The third-order valence-corrected chi connectivity index (χ3v) is 3.79. The molecule has 2 nitrogen and oxygen atoms in total. The minimum atomic E-state index is -0.709. The second-order valence-electron chi connectivity index (χ2n) is 5.08. The Morgan fingerprint density at radius 2 is 1.86 bits per heavy atom. The summed E-state index contributed by atoms with van der Waals surface area (Å²) in [7, 11) is 0. The van der Waals surface area contributed by atoms with Gasteiger partial charge in [-0.2, -0.15) is 0 Å². The van der Waals surface area contributed by atoms with Crippen molar-refractivity contribution in [3.63, 3.8) is 0 Å². The molecule has 0 aromatic heterocycles. The van der Waals surface area contributed by atoms with Gasteiger partial charge in [0.2, 0.25) is 0 Å². The summed E-state index contributed by atoms with van der Waals surface area (Å²) in [5, 5.41) is 3.40. The van der Waals surface area contributed by atoms with Crippen LogP contribution in [0.2, 0.25) is 0 Å². The molecule has 0 unspecified atom stereocenters. The average Bonchev–Trinajstić information content (AvgIpc) is 3.26. The van der Waals surface area contributed by atoms with E-state index >= 15 is 0 Å². The Kier molecular flexibility index (Phi) is 4.22. The van der Waals surface area contributed by atoms with Crippen LogP contribution < -0.4 is 10.1 Å². The van der Waals surface area contributed by atoms with Gasteiger partial charge in [0.15, 0.2) is 11.6 Å². The molecule has 0 atom stereocenters. The summed E-state index contributed by atoms with van der Waals surface area (Å²) in [6.45, 7) is 0.655. The lowest BCUT2D eigenvalue weighted by atomic mass is 10.2. The number of nitrogens with one attached hydrogen (secondary N) is 1. The molecular formula is C16H14BrF2NO. The van der Waals surface area contributed by atoms with E-state index in [0.717, 1.165) is 16.1 Å². The molecule has 0 aliphatic heterocycles. The van der Waals surface area contributed by atoms with Crippen LogP contribution in [0.3, 0.4) is 0 Å². The molecule has 110 valence electrons. The largest absolute Gasteiger partial charge is 0.454 e. The standard InChI is InChI=1S/C16H14BrF2NO/c17-11-1-5-15(10(7-11)9-20-13-3-4-13)21-16-6-2-12(18)8-14(16)19/h1-2,5-8,13,20H,3-4,9H2. The molecule has 2 aromatic rings. The average molecular weight is 354 g/mol. The Morgan fingerprint density at radius 3 is 2.57 bits per heavy atom. The zero-order valence-electron chi connectivity index (χ0n) is 11.2. The van der Waals surface area contributed by atoms with Gasteiger partial charge in [-0.15, -0.1) is 0 Å². The summed E-state index contributed by atoms with van der Waals surface area (Å²) in [4.78, 5) is 0. The first-order valence-electron chi connectivity index (χ1n) is 6.76. The number of hydrogen-bond acceptors (Lipinski definition) is 2. The highest BCUT2D eigenvalue weighted by molar-refractivity contribution is 9.10. The second kappa shape index (κ2) is 6.12. The zero-order valence-corrected chi connectivity index (χ0v) is 12.8. The topological polar surface area (TPSA) is 21.3 Å². The lowest BCUT2D eigenvalue weighted by Crippen LogP contribution is -2.15. The fourth-order valence-electron chi connectivity index (χ4n) is 2.00. The minimum absolute atomic E-state index is 0.0198. The Balaban J connectivity index is 1.82. The summed E-state index contributed by atoms with van der Waals surface area (Å²) < 4.78 is 33.1. The summed E-state index contributed by atoms with van der Waals surface area (Å²) in [5.74, 6) is -0.742. The predicted octanol–water partition coefficient (Wildman–Crippen LogP) is 4.77. The Hall–Kier alpha value is -1.46. The van der Waals surface area contributed by atoms with E-state index in [9.17, 15) is 8.78 Å². The lowest BCUT2D eigenvalue weighted by Gasteiger charge is -2.13. The molecule has 0 amide bonds. The quantitative estimate of drug-likeness (QED) is 0.835. The normalized spacial score (nSPS) is 14.2. The summed E-state index contributed by atoms with van der Waals surface area (Å²) in [6, 6.07) is 9.40. The fraction of sp³-hybridized carbons (Fsp3) is 0.250. The SMILES string of the molecule is Fc1ccc(Oc2ccc(Br)cc2CNC2CC2)c(F)c1. The third kappa shape index (κ3) is 3.80. The van der Waals surface area contributed by atoms with E-state index in [1.807, 2.05) is 12.1 Å². The highest BCUT2D eigenvalue weighted by Gasteiger charge is 2.21. The van der Waals surface area contributed by atoms with Crippen molar-refractivity contribution < 1.29 is 13.5 Å². The van der Waals surface area contributed by atoms with Gasteiger partial charge in [-0.1, -0.05) is 15.9 Å². The van der Waals surface area contributed by atoms with Gasteiger partial charge in [0.25, 0.3) is 0 Å². The van der Waals surface area contributed by atoms with Gasteiger partial charge in [-0.3, -0.25) is 0 Å². The van der Waals surface area contributed by atoms with Crippen molar-refractivity contribution >= 4 is 15.9 Å². The van der Waals surface area contributed by atoms with Gasteiger partial charge in [-0.05, 0) is 43.2 Å². The van der Waals surface area contributed by atoms with E-state index in [2.05, 4.69) is 21.2 Å². The maximum Gasteiger partial charge on any atom is 0.168 e. The van der Waals surface area contributed by atoms with Crippen LogP contribution in [-0.4, -0.2) is 6.04 Å². The first-order valence-corrected chi connectivity index (χ1v) is 7.56. The molecule has 0 saturated heterocycles. The van der Waals surface area contributed by atoms with Crippen LogP contribution in [0, 0.1) is 11.6 Å². The van der Waals surface area contributed by atoms with E-state index in [-0.39, 0.29) is 5.75 Å². The van der Waals surface area contributed by atoms with E-state index in [4.69, 9.17) is 4.74 Å². The third-order valence-electron chi connectivity index (χ3n) is 3.29. The smallest absolute Gasteiger partial charge is 0.168 e. The van der Waals surface area contributed by atoms with Crippen LogP contribution in [0.5, 0.6) is 11.5 Å². The van der Waals surface area contributed by atoms with Crippen molar-refractivity contribution in [2.75, 3.05) is 0 Å². The predicted molar refractivity (Wildman–Crippen MR) is 80.4 cm³/mol. The van der Waals surface area contributed by atoms with Gasteiger partial charge in [0.1, 0.15) is 11.6 Å². The van der Waals surface area contributed by atoms with Crippen LogP contribution >= 0.6 is 15.9 Å². The van der Waals surface area contributed by atoms with Crippen LogP contribution in [0.1, 0.15) is 18.4 Å². The first kappa shape index (κ1) is 14.5. The molecule has 0 spiro atoms. The van der Waals surface area contributed by atoms with Crippen molar-refractivity contribution in [1.82, 2.24) is 5.32 Å². The van der Waals surface area contributed by atoms with E-state index in [0.29, 0.717) is 18.3 Å². The molecule has 3 rings (SSSR count). The molecule has 1 aliphatic carbocycles. The molecule has 0 radical (unpaired) electrons. The number of ether oxygens (including phenoxy) is 1. The van der Waals surface area contributed by atoms with E-state index in [1.165, 1.54) is 25.0 Å². The molecular weight excluding hydrogens is 340 g/mol. The maximum absolute atomic E-state index is 13.7. The van der Waals surface area contributed by atoms with Crippen molar-refractivity contribution in [2.24, 2.45) is 0 Å². The van der Waals surface area contributed by atoms with Gasteiger partial charge in [0, 0.05) is 28.7 Å². The Bertz CT molecular complexity index is 659. The number of benzene rings is 2. The summed E-state index contributed by atoms with van der Waals surface area (Å²) in [6.07, 6.45) is 2.38. The van der Waals surface area contributed by atoms with Crippen LogP contribution in [0.25, 0.3) is 0 Å². The molecule has 5 heteroatoms. The number of rotatable bonds is 5.